The number of hydrogen-bond donors (Lipinski definition) is 0. The van der Waals surface area contributed by atoms with Gasteiger partial charge in [0.05, 0.1) is 0 Å². The fourth-order valence-corrected chi connectivity index (χ4v) is 1.52. The average Bonchev–Trinajstić information content (AvgIpc) is 2.29. The third-order valence-electron chi connectivity index (χ3n) is 2.33. The molecule has 2 nitrogen and oxygen atoms in total. The van der Waals surface area contributed by atoms with E-state index >= 15 is 0 Å². The summed E-state index contributed by atoms with van der Waals surface area (Å²) in [6.45, 7) is 7.70. The summed E-state index contributed by atoms with van der Waals surface area (Å²) in [7, 11) is 0. The largest absolute Gasteiger partial charge is 0.460 e. The molecule has 0 aliphatic heterocycles. The molecule has 0 aromatic carbocycles. The summed E-state index contributed by atoms with van der Waals surface area (Å²) in [6, 6.07) is 0. The number of allylic oxidation sites excluding steroid dienone is 6. The summed E-state index contributed by atoms with van der Waals surface area (Å²) in [5.41, 5.74) is -0.362. The Morgan fingerprint density at radius 3 is 2.32 bits per heavy atom. The molecule has 0 aliphatic carbocycles. The first-order chi connectivity index (χ1) is 8.95. The zero-order valence-electron chi connectivity index (χ0n) is 12.8. The van der Waals surface area contributed by atoms with Gasteiger partial charge in [-0.05, 0) is 47.0 Å². The smallest absolute Gasteiger partial charge is 0.306 e. The molecule has 0 atom stereocenters. The molecule has 0 rings (SSSR count). The predicted octanol–water partition coefficient (Wildman–Crippen LogP) is 4.97. The van der Waals surface area contributed by atoms with Crippen molar-refractivity contribution >= 4 is 5.97 Å². The molecule has 0 aromatic rings. The van der Waals surface area contributed by atoms with Crippen molar-refractivity contribution in [1.29, 1.82) is 0 Å². The Kier molecular flexibility index (Phi) is 9.87. The van der Waals surface area contributed by atoms with Crippen LogP contribution in [0.3, 0.4) is 0 Å². The van der Waals surface area contributed by atoms with Crippen molar-refractivity contribution in [2.75, 3.05) is 0 Å². The van der Waals surface area contributed by atoms with Gasteiger partial charge in [0.2, 0.25) is 0 Å². The Labute approximate surface area is 118 Å². The molecule has 0 aliphatic rings. The molecule has 0 saturated carbocycles. The van der Waals surface area contributed by atoms with E-state index in [1.54, 1.807) is 0 Å². The minimum atomic E-state index is -0.362. The van der Waals surface area contributed by atoms with E-state index in [9.17, 15) is 4.79 Å². The molecule has 0 N–H and O–H groups in total. The molecule has 0 aromatic heterocycles. The molecule has 0 spiro atoms. The Morgan fingerprint density at radius 1 is 1.00 bits per heavy atom. The molecule has 0 fully saturated rings. The van der Waals surface area contributed by atoms with Crippen LogP contribution >= 0.6 is 0 Å². The van der Waals surface area contributed by atoms with Crippen LogP contribution in [0.15, 0.2) is 36.5 Å². The highest BCUT2D eigenvalue weighted by Crippen LogP contribution is 2.11. The number of ether oxygens (including phenoxy) is 1. The topological polar surface area (TPSA) is 26.3 Å². The molecule has 0 amide bonds. The van der Waals surface area contributed by atoms with E-state index in [-0.39, 0.29) is 11.6 Å². The van der Waals surface area contributed by atoms with Crippen LogP contribution in [0, 0.1) is 0 Å². The van der Waals surface area contributed by atoms with Crippen molar-refractivity contribution in [3.63, 3.8) is 0 Å². The highest BCUT2D eigenvalue weighted by molar-refractivity contribution is 5.69. The summed E-state index contributed by atoms with van der Waals surface area (Å²) in [4.78, 5) is 11.4. The van der Waals surface area contributed by atoms with E-state index in [0.717, 1.165) is 25.7 Å². The molecule has 0 bridgehead atoms. The van der Waals surface area contributed by atoms with Gasteiger partial charge in [0.15, 0.2) is 0 Å². The second-order valence-electron chi connectivity index (χ2n) is 5.52. The van der Waals surface area contributed by atoms with Crippen molar-refractivity contribution in [1.82, 2.24) is 0 Å². The van der Waals surface area contributed by atoms with Crippen LogP contribution in [0.2, 0.25) is 0 Å². The van der Waals surface area contributed by atoms with Crippen LogP contribution < -0.4 is 0 Å². The lowest BCUT2D eigenvalue weighted by Gasteiger charge is -2.19. The van der Waals surface area contributed by atoms with Gasteiger partial charge in [0.1, 0.15) is 5.60 Å². The van der Waals surface area contributed by atoms with Crippen LogP contribution in [0.5, 0.6) is 0 Å². The molecule has 19 heavy (non-hydrogen) atoms. The normalized spacial score (nSPS) is 12.8. The van der Waals surface area contributed by atoms with E-state index in [0.29, 0.717) is 6.42 Å². The summed E-state index contributed by atoms with van der Waals surface area (Å²) in [5.74, 6) is -0.0858. The molecule has 2 heteroatoms. The predicted molar refractivity (Wildman–Crippen MR) is 82.0 cm³/mol. The number of hydrogen-bond acceptors (Lipinski definition) is 2. The average molecular weight is 264 g/mol. The molecular formula is C17H28O2. The highest BCUT2D eigenvalue weighted by Gasteiger charge is 2.15. The van der Waals surface area contributed by atoms with Crippen LogP contribution in [0.4, 0.5) is 0 Å². The highest BCUT2D eigenvalue weighted by atomic mass is 16.6. The number of esters is 1. The molecule has 0 radical (unpaired) electrons. The van der Waals surface area contributed by atoms with Gasteiger partial charge in [-0.3, -0.25) is 4.79 Å². The standard InChI is InChI=1S/C17H28O2/c1-5-6-7-8-9-10-11-12-13-14-15-16(18)19-17(2,3)4/h5-10H,11-15H2,1-4H3. The summed E-state index contributed by atoms with van der Waals surface area (Å²) < 4.78 is 5.25. The third kappa shape index (κ3) is 14.6. The fourth-order valence-electron chi connectivity index (χ4n) is 1.52. The molecule has 108 valence electrons. The minimum Gasteiger partial charge on any atom is -0.460 e. The Morgan fingerprint density at radius 2 is 1.68 bits per heavy atom. The molecular weight excluding hydrogens is 236 g/mol. The summed E-state index contributed by atoms with van der Waals surface area (Å²) >= 11 is 0. The second-order valence-corrected chi connectivity index (χ2v) is 5.52. The maximum absolute atomic E-state index is 11.4. The SMILES string of the molecule is CC=CC=CC=CCCCCCC(=O)OC(C)(C)C. The van der Waals surface area contributed by atoms with E-state index < -0.39 is 0 Å². The zero-order valence-corrected chi connectivity index (χ0v) is 12.8. The van der Waals surface area contributed by atoms with Crippen molar-refractivity contribution in [3.05, 3.63) is 36.5 Å². The first kappa shape index (κ1) is 17.7. The molecule has 0 saturated heterocycles. The first-order valence-electron chi connectivity index (χ1n) is 7.12. The van der Waals surface area contributed by atoms with Crippen molar-refractivity contribution in [2.45, 2.75) is 65.4 Å². The monoisotopic (exact) mass is 264 g/mol. The third-order valence-corrected chi connectivity index (χ3v) is 2.33. The van der Waals surface area contributed by atoms with Gasteiger partial charge >= 0.3 is 5.97 Å². The quantitative estimate of drug-likeness (QED) is 0.351. The Balaban J connectivity index is 3.48. The fraction of sp³-hybridized carbons (Fsp3) is 0.588. The van der Waals surface area contributed by atoms with Crippen LogP contribution in [0.25, 0.3) is 0 Å². The van der Waals surface area contributed by atoms with Gasteiger partial charge < -0.3 is 4.74 Å². The van der Waals surface area contributed by atoms with Gasteiger partial charge in [0.25, 0.3) is 0 Å². The lowest BCUT2D eigenvalue weighted by atomic mass is 10.1. The first-order valence-corrected chi connectivity index (χ1v) is 7.12. The molecule has 0 unspecified atom stereocenters. The van der Waals surface area contributed by atoms with Crippen LogP contribution in [0.1, 0.15) is 59.8 Å². The van der Waals surface area contributed by atoms with Crippen molar-refractivity contribution in [2.24, 2.45) is 0 Å². The van der Waals surface area contributed by atoms with E-state index in [2.05, 4.69) is 12.2 Å². The zero-order chi connectivity index (χ0) is 14.6. The van der Waals surface area contributed by atoms with Crippen LogP contribution in [-0.4, -0.2) is 11.6 Å². The maximum Gasteiger partial charge on any atom is 0.306 e. The van der Waals surface area contributed by atoms with E-state index in [1.165, 1.54) is 0 Å². The van der Waals surface area contributed by atoms with Crippen molar-refractivity contribution < 1.29 is 9.53 Å². The molecule has 0 heterocycles. The van der Waals surface area contributed by atoms with Gasteiger partial charge in [-0.1, -0.05) is 42.9 Å². The maximum atomic E-state index is 11.4. The van der Waals surface area contributed by atoms with Gasteiger partial charge in [0, 0.05) is 6.42 Å². The number of rotatable bonds is 8. The Bertz CT molecular complexity index is 317. The lowest BCUT2D eigenvalue weighted by molar-refractivity contribution is -0.154. The summed E-state index contributed by atoms with van der Waals surface area (Å²) in [6.07, 6.45) is 17.0. The van der Waals surface area contributed by atoms with Crippen LogP contribution in [-0.2, 0) is 9.53 Å². The number of unbranched alkanes of at least 4 members (excludes halogenated alkanes) is 3. The second kappa shape index (κ2) is 10.6. The van der Waals surface area contributed by atoms with E-state index in [1.807, 2.05) is 52.0 Å². The van der Waals surface area contributed by atoms with Gasteiger partial charge in [-0.15, -0.1) is 0 Å². The summed E-state index contributed by atoms with van der Waals surface area (Å²) in [5, 5.41) is 0. The van der Waals surface area contributed by atoms with Gasteiger partial charge in [-0.25, -0.2) is 0 Å². The minimum absolute atomic E-state index is 0.0858. The van der Waals surface area contributed by atoms with E-state index in [4.69, 9.17) is 4.74 Å². The van der Waals surface area contributed by atoms with Crippen molar-refractivity contribution in [3.8, 4) is 0 Å². The number of carbonyl (C=O) groups is 1. The lowest BCUT2D eigenvalue weighted by Crippen LogP contribution is -2.23. The number of carbonyl (C=O) groups excluding carboxylic acids is 1. The Hall–Kier alpha value is -1.31. The van der Waals surface area contributed by atoms with Gasteiger partial charge in [-0.2, -0.15) is 0 Å².